The van der Waals surface area contributed by atoms with Crippen LogP contribution in [0.2, 0.25) is 0 Å². The van der Waals surface area contributed by atoms with Crippen LogP contribution >= 0.6 is 0 Å². The van der Waals surface area contributed by atoms with Crippen LogP contribution in [0.25, 0.3) is 0 Å². The highest BCUT2D eigenvalue weighted by Crippen LogP contribution is 2.09. The maximum absolute atomic E-state index is 5.08. The van der Waals surface area contributed by atoms with Crippen molar-refractivity contribution < 1.29 is 4.74 Å². The Morgan fingerprint density at radius 3 is 3.06 bits per heavy atom. The summed E-state index contributed by atoms with van der Waals surface area (Å²) in [6.07, 6.45) is 3.56. The molecule has 0 bridgehead atoms. The fourth-order valence-corrected chi connectivity index (χ4v) is 1.54. The average molecular weight is 232 g/mol. The summed E-state index contributed by atoms with van der Waals surface area (Å²) in [5, 5.41) is 3.34. The molecule has 2 aromatic rings. The number of aromatic amines is 1. The first-order valence-corrected chi connectivity index (χ1v) is 5.52. The lowest BCUT2D eigenvalue weighted by Gasteiger charge is -2.11. The minimum Gasteiger partial charge on any atom is -0.481 e. The van der Waals surface area contributed by atoms with Crippen LogP contribution in [0.3, 0.4) is 0 Å². The standard InChI is InChI=1S/C12H16N4O/c1-9(12-13-6-7-14-12)15-8-10-4-3-5-11(16-10)17-2/h3-7,9,15H,8H2,1-2H3,(H,13,14). The highest BCUT2D eigenvalue weighted by Gasteiger charge is 2.07. The number of nitrogens with one attached hydrogen (secondary N) is 2. The van der Waals surface area contributed by atoms with Gasteiger partial charge in [0.15, 0.2) is 0 Å². The van der Waals surface area contributed by atoms with Gasteiger partial charge in [0.25, 0.3) is 0 Å². The van der Waals surface area contributed by atoms with Crippen molar-refractivity contribution in [3.63, 3.8) is 0 Å². The summed E-state index contributed by atoms with van der Waals surface area (Å²) in [6, 6.07) is 5.89. The Morgan fingerprint density at radius 2 is 2.35 bits per heavy atom. The molecule has 0 fully saturated rings. The fraction of sp³-hybridized carbons (Fsp3) is 0.333. The van der Waals surface area contributed by atoms with Crippen LogP contribution in [0, 0.1) is 0 Å². The molecule has 0 aliphatic heterocycles. The quantitative estimate of drug-likeness (QED) is 0.823. The van der Waals surface area contributed by atoms with Crippen LogP contribution < -0.4 is 10.1 Å². The number of methoxy groups -OCH3 is 1. The van der Waals surface area contributed by atoms with Gasteiger partial charge in [-0.2, -0.15) is 0 Å². The van der Waals surface area contributed by atoms with Crippen LogP contribution in [0.1, 0.15) is 24.5 Å². The van der Waals surface area contributed by atoms with E-state index in [0.717, 1.165) is 11.5 Å². The topological polar surface area (TPSA) is 62.8 Å². The van der Waals surface area contributed by atoms with Gasteiger partial charge in [-0.05, 0) is 13.0 Å². The lowest BCUT2D eigenvalue weighted by molar-refractivity contribution is 0.395. The Hall–Kier alpha value is -1.88. The maximum atomic E-state index is 5.08. The number of hydrogen-bond acceptors (Lipinski definition) is 4. The summed E-state index contributed by atoms with van der Waals surface area (Å²) in [7, 11) is 1.62. The highest BCUT2D eigenvalue weighted by atomic mass is 16.5. The lowest BCUT2D eigenvalue weighted by Crippen LogP contribution is -2.19. The van der Waals surface area contributed by atoms with Crippen molar-refractivity contribution in [3.8, 4) is 5.88 Å². The van der Waals surface area contributed by atoms with E-state index in [0.29, 0.717) is 12.4 Å². The van der Waals surface area contributed by atoms with Gasteiger partial charge in [0.2, 0.25) is 5.88 Å². The van der Waals surface area contributed by atoms with E-state index in [-0.39, 0.29) is 6.04 Å². The lowest BCUT2D eigenvalue weighted by atomic mass is 10.3. The third kappa shape index (κ3) is 3.04. The summed E-state index contributed by atoms with van der Waals surface area (Å²) in [4.78, 5) is 11.6. The Bertz CT molecular complexity index is 455. The summed E-state index contributed by atoms with van der Waals surface area (Å²) < 4.78 is 5.08. The number of hydrogen-bond donors (Lipinski definition) is 2. The molecular weight excluding hydrogens is 216 g/mol. The van der Waals surface area contributed by atoms with Gasteiger partial charge >= 0.3 is 0 Å². The van der Waals surface area contributed by atoms with E-state index in [1.165, 1.54) is 0 Å². The predicted molar refractivity (Wildman–Crippen MR) is 64.6 cm³/mol. The highest BCUT2D eigenvalue weighted by molar-refractivity contribution is 5.15. The minimum absolute atomic E-state index is 0.165. The zero-order valence-corrected chi connectivity index (χ0v) is 9.97. The van der Waals surface area contributed by atoms with Gasteiger partial charge in [0, 0.05) is 25.0 Å². The number of aromatic nitrogens is 3. The third-order valence-corrected chi connectivity index (χ3v) is 2.51. The molecule has 5 heteroatoms. The summed E-state index contributed by atoms with van der Waals surface area (Å²) in [5.74, 6) is 1.56. The van der Waals surface area contributed by atoms with E-state index in [4.69, 9.17) is 4.74 Å². The molecule has 0 amide bonds. The molecule has 5 nitrogen and oxygen atoms in total. The van der Waals surface area contributed by atoms with E-state index in [9.17, 15) is 0 Å². The SMILES string of the molecule is COc1cccc(CNC(C)c2ncc[nH]2)n1. The van der Waals surface area contributed by atoms with E-state index in [1.54, 1.807) is 13.3 Å². The molecule has 0 aliphatic rings. The zero-order valence-electron chi connectivity index (χ0n) is 9.97. The number of nitrogens with zero attached hydrogens (tertiary/aromatic N) is 2. The van der Waals surface area contributed by atoms with E-state index in [2.05, 4.69) is 27.2 Å². The summed E-state index contributed by atoms with van der Waals surface area (Å²) >= 11 is 0. The molecule has 0 radical (unpaired) electrons. The molecule has 0 aromatic carbocycles. The Labute approximate surface area is 100 Å². The Morgan fingerprint density at radius 1 is 1.47 bits per heavy atom. The molecule has 2 heterocycles. The Kier molecular flexibility index (Phi) is 3.72. The molecule has 1 unspecified atom stereocenters. The molecule has 90 valence electrons. The van der Waals surface area contributed by atoms with Gasteiger partial charge in [-0.15, -0.1) is 0 Å². The van der Waals surface area contributed by atoms with Crippen LogP contribution in [0.5, 0.6) is 5.88 Å². The number of H-pyrrole nitrogens is 1. The second-order valence-corrected chi connectivity index (χ2v) is 3.75. The first-order valence-electron chi connectivity index (χ1n) is 5.52. The van der Waals surface area contributed by atoms with Gasteiger partial charge in [-0.1, -0.05) is 6.07 Å². The molecule has 2 aromatic heterocycles. The second-order valence-electron chi connectivity index (χ2n) is 3.75. The molecule has 1 atom stereocenters. The van der Waals surface area contributed by atoms with Crippen molar-refractivity contribution in [3.05, 3.63) is 42.1 Å². The normalized spacial score (nSPS) is 12.4. The van der Waals surface area contributed by atoms with E-state index in [1.807, 2.05) is 24.4 Å². The molecule has 0 spiro atoms. The van der Waals surface area contributed by atoms with Gasteiger partial charge in [0.05, 0.1) is 18.8 Å². The Balaban J connectivity index is 1.93. The van der Waals surface area contributed by atoms with Crippen molar-refractivity contribution in [2.75, 3.05) is 7.11 Å². The van der Waals surface area contributed by atoms with Crippen LogP contribution in [0.4, 0.5) is 0 Å². The van der Waals surface area contributed by atoms with Crippen molar-refractivity contribution in [1.29, 1.82) is 0 Å². The molecule has 17 heavy (non-hydrogen) atoms. The van der Waals surface area contributed by atoms with Crippen molar-refractivity contribution in [2.24, 2.45) is 0 Å². The number of pyridine rings is 1. The number of imidazole rings is 1. The molecular formula is C12H16N4O. The molecule has 2 rings (SSSR count). The first kappa shape index (κ1) is 11.6. The fourth-order valence-electron chi connectivity index (χ4n) is 1.54. The van der Waals surface area contributed by atoms with Crippen molar-refractivity contribution in [2.45, 2.75) is 19.5 Å². The molecule has 2 N–H and O–H groups in total. The van der Waals surface area contributed by atoms with Gasteiger partial charge in [0.1, 0.15) is 5.82 Å². The van der Waals surface area contributed by atoms with Gasteiger partial charge in [-0.25, -0.2) is 9.97 Å². The predicted octanol–water partition coefficient (Wildman–Crippen LogP) is 1.66. The maximum Gasteiger partial charge on any atom is 0.213 e. The first-order chi connectivity index (χ1) is 8.29. The van der Waals surface area contributed by atoms with Crippen LogP contribution in [-0.2, 0) is 6.54 Å². The van der Waals surface area contributed by atoms with Crippen molar-refractivity contribution in [1.82, 2.24) is 20.3 Å². The number of ether oxygens (including phenoxy) is 1. The molecule has 0 saturated heterocycles. The average Bonchev–Trinajstić information content (AvgIpc) is 2.90. The largest absolute Gasteiger partial charge is 0.481 e. The summed E-state index contributed by atoms with van der Waals surface area (Å²) in [5.41, 5.74) is 0.947. The van der Waals surface area contributed by atoms with Crippen molar-refractivity contribution >= 4 is 0 Å². The van der Waals surface area contributed by atoms with E-state index < -0.39 is 0 Å². The minimum atomic E-state index is 0.165. The monoisotopic (exact) mass is 232 g/mol. The van der Waals surface area contributed by atoms with Gasteiger partial charge in [-0.3, -0.25) is 0 Å². The van der Waals surface area contributed by atoms with Crippen LogP contribution in [0.15, 0.2) is 30.6 Å². The zero-order chi connectivity index (χ0) is 12.1. The van der Waals surface area contributed by atoms with Crippen LogP contribution in [-0.4, -0.2) is 22.1 Å². The smallest absolute Gasteiger partial charge is 0.213 e. The third-order valence-electron chi connectivity index (χ3n) is 2.51. The summed E-state index contributed by atoms with van der Waals surface area (Å²) in [6.45, 7) is 2.73. The number of rotatable bonds is 5. The van der Waals surface area contributed by atoms with E-state index >= 15 is 0 Å². The molecule has 0 saturated carbocycles. The molecule has 0 aliphatic carbocycles. The second kappa shape index (κ2) is 5.45. The van der Waals surface area contributed by atoms with Gasteiger partial charge < -0.3 is 15.0 Å².